The summed E-state index contributed by atoms with van der Waals surface area (Å²) in [6.07, 6.45) is 1.55. The molecule has 0 radical (unpaired) electrons. The Morgan fingerprint density at radius 2 is 1.69 bits per heavy atom. The first-order chi connectivity index (χ1) is 17.6. The van der Waals surface area contributed by atoms with Gasteiger partial charge in [0.25, 0.3) is 5.91 Å². The smallest absolute Gasteiger partial charge is 0.275 e. The van der Waals surface area contributed by atoms with Crippen LogP contribution in [0.4, 0.5) is 0 Å². The number of amides is 1. The van der Waals surface area contributed by atoms with E-state index in [1.54, 1.807) is 31.5 Å². The topological polar surface area (TPSA) is 78.4 Å². The van der Waals surface area contributed by atoms with Gasteiger partial charge >= 0.3 is 0 Å². The summed E-state index contributed by atoms with van der Waals surface area (Å²) in [6.45, 7) is 2.81. The number of fused-ring (bicyclic) bond motifs is 1. The number of ether oxygens (including phenoxy) is 4. The second-order valence-electron chi connectivity index (χ2n) is 7.83. The fraction of sp³-hybridized carbons (Fsp3) is 0.172. The Kier molecular flexibility index (Phi) is 8.03. The van der Waals surface area contributed by atoms with Gasteiger partial charge < -0.3 is 18.9 Å². The Hall–Kier alpha value is -4.52. The van der Waals surface area contributed by atoms with Crippen LogP contribution in [-0.4, -0.2) is 32.9 Å². The van der Waals surface area contributed by atoms with E-state index in [0.717, 1.165) is 16.5 Å². The number of nitrogens with one attached hydrogen (secondary N) is 1. The van der Waals surface area contributed by atoms with Crippen molar-refractivity contribution in [2.75, 3.05) is 20.8 Å². The molecule has 0 aliphatic rings. The molecule has 0 heterocycles. The molecule has 36 heavy (non-hydrogen) atoms. The van der Waals surface area contributed by atoms with E-state index in [0.29, 0.717) is 41.8 Å². The normalized spacial score (nSPS) is 10.9. The van der Waals surface area contributed by atoms with Crippen LogP contribution in [0.1, 0.15) is 28.4 Å². The van der Waals surface area contributed by atoms with Crippen LogP contribution in [-0.2, 0) is 6.61 Å². The summed E-state index contributed by atoms with van der Waals surface area (Å²) >= 11 is 0. The third-order valence-corrected chi connectivity index (χ3v) is 5.56. The van der Waals surface area contributed by atoms with Crippen LogP contribution in [0.5, 0.6) is 23.0 Å². The van der Waals surface area contributed by atoms with Crippen LogP contribution in [0.25, 0.3) is 10.8 Å². The standard InChI is InChI=1S/C29H28N2O5/c1-4-35-28-16-20(18-30-31-29(32)25-14-13-23(33-2)17-27(25)34-3)12-15-26(28)36-19-22-10-7-9-21-8-5-6-11-24(21)22/h5-18H,4,19H2,1-3H3,(H,31,32). The first-order valence-electron chi connectivity index (χ1n) is 11.5. The molecule has 4 rings (SSSR count). The lowest BCUT2D eigenvalue weighted by atomic mass is 10.1. The third-order valence-electron chi connectivity index (χ3n) is 5.56. The van der Waals surface area contributed by atoms with Crippen molar-refractivity contribution in [3.8, 4) is 23.0 Å². The maximum Gasteiger partial charge on any atom is 0.275 e. The molecule has 0 unspecified atom stereocenters. The van der Waals surface area contributed by atoms with Gasteiger partial charge in [0.1, 0.15) is 18.1 Å². The number of carbonyl (C=O) groups is 1. The Labute approximate surface area is 210 Å². The average Bonchev–Trinajstić information content (AvgIpc) is 2.92. The van der Waals surface area contributed by atoms with Gasteiger partial charge in [-0.1, -0.05) is 42.5 Å². The molecule has 1 amide bonds. The highest BCUT2D eigenvalue weighted by Crippen LogP contribution is 2.30. The first-order valence-corrected chi connectivity index (χ1v) is 11.5. The molecule has 0 saturated carbocycles. The minimum atomic E-state index is -0.397. The highest BCUT2D eigenvalue weighted by Gasteiger charge is 2.13. The summed E-state index contributed by atoms with van der Waals surface area (Å²) in [5.74, 6) is 1.83. The number of methoxy groups -OCH3 is 2. The van der Waals surface area contributed by atoms with Gasteiger partial charge in [-0.2, -0.15) is 5.10 Å². The maximum atomic E-state index is 12.6. The van der Waals surface area contributed by atoms with Gasteiger partial charge in [-0.05, 0) is 59.2 Å². The lowest BCUT2D eigenvalue weighted by Crippen LogP contribution is -2.18. The van der Waals surface area contributed by atoms with Gasteiger partial charge in [-0.25, -0.2) is 5.43 Å². The molecule has 4 aromatic carbocycles. The summed E-state index contributed by atoms with van der Waals surface area (Å²) in [6, 6.07) is 24.9. The summed E-state index contributed by atoms with van der Waals surface area (Å²) in [5, 5.41) is 6.42. The number of hydrogen-bond acceptors (Lipinski definition) is 6. The molecule has 0 aliphatic heterocycles. The fourth-order valence-corrected chi connectivity index (χ4v) is 3.78. The minimum absolute atomic E-state index is 0.350. The van der Waals surface area contributed by atoms with E-state index in [2.05, 4.69) is 34.8 Å². The molecule has 0 aliphatic carbocycles. The molecule has 7 nitrogen and oxygen atoms in total. The monoisotopic (exact) mass is 484 g/mol. The number of rotatable bonds is 10. The van der Waals surface area contributed by atoms with Crippen LogP contribution < -0.4 is 24.4 Å². The van der Waals surface area contributed by atoms with E-state index in [1.165, 1.54) is 12.5 Å². The summed E-state index contributed by atoms with van der Waals surface area (Å²) in [5.41, 5.74) is 4.72. The summed E-state index contributed by atoms with van der Waals surface area (Å²) < 4.78 is 22.4. The van der Waals surface area contributed by atoms with Crippen LogP contribution in [0.15, 0.2) is 84.0 Å². The van der Waals surface area contributed by atoms with E-state index in [1.807, 2.05) is 43.3 Å². The van der Waals surface area contributed by atoms with Crippen LogP contribution >= 0.6 is 0 Å². The SMILES string of the molecule is CCOc1cc(C=NNC(=O)c2ccc(OC)cc2OC)ccc1OCc1cccc2ccccc12. The zero-order chi connectivity index (χ0) is 25.3. The largest absolute Gasteiger partial charge is 0.497 e. The fourth-order valence-electron chi connectivity index (χ4n) is 3.78. The predicted octanol–water partition coefficient (Wildman–Crippen LogP) is 5.60. The van der Waals surface area contributed by atoms with E-state index in [4.69, 9.17) is 18.9 Å². The molecule has 4 aromatic rings. The molecular weight excluding hydrogens is 456 g/mol. The molecule has 0 fully saturated rings. The molecule has 0 atom stereocenters. The molecule has 7 heteroatoms. The first kappa shape index (κ1) is 24.6. The van der Waals surface area contributed by atoms with Crippen molar-refractivity contribution in [3.63, 3.8) is 0 Å². The van der Waals surface area contributed by atoms with Gasteiger partial charge in [-0.3, -0.25) is 4.79 Å². The highest BCUT2D eigenvalue weighted by atomic mass is 16.5. The minimum Gasteiger partial charge on any atom is -0.497 e. The Bertz CT molecular complexity index is 1380. The summed E-state index contributed by atoms with van der Waals surface area (Å²) in [7, 11) is 3.04. The Balaban J connectivity index is 1.45. The van der Waals surface area contributed by atoms with E-state index >= 15 is 0 Å². The van der Waals surface area contributed by atoms with Gasteiger partial charge in [0.15, 0.2) is 11.5 Å². The van der Waals surface area contributed by atoms with Crippen LogP contribution in [0, 0.1) is 0 Å². The van der Waals surface area contributed by atoms with Gasteiger partial charge in [0.2, 0.25) is 0 Å². The second-order valence-corrected chi connectivity index (χ2v) is 7.83. The molecule has 184 valence electrons. The molecule has 1 N–H and O–H groups in total. The Morgan fingerprint density at radius 3 is 2.50 bits per heavy atom. The molecule has 0 saturated heterocycles. The second kappa shape index (κ2) is 11.8. The average molecular weight is 485 g/mol. The van der Waals surface area contributed by atoms with Crippen molar-refractivity contribution < 1.29 is 23.7 Å². The number of hydrazone groups is 1. The molecular formula is C29H28N2O5. The van der Waals surface area contributed by atoms with E-state index in [-0.39, 0.29) is 0 Å². The third kappa shape index (κ3) is 5.75. The molecule has 0 bridgehead atoms. The number of nitrogens with zero attached hydrogens (tertiary/aromatic N) is 1. The lowest BCUT2D eigenvalue weighted by Gasteiger charge is -2.14. The van der Waals surface area contributed by atoms with Gasteiger partial charge in [-0.15, -0.1) is 0 Å². The van der Waals surface area contributed by atoms with Crippen molar-refractivity contribution >= 4 is 22.9 Å². The van der Waals surface area contributed by atoms with Crippen molar-refractivity contribution in [2.45, 2.75) is 13.5 Å². The van der Waals surface area contributed by atoms with E-state index < -0.39 is 5.91 Å². The lowest BCUT2D eigenvalue weighted by molar-refractivity contribution is 0.0952. The van der Waals surface area contributed by atoms with E-state index in [9.17, 15) is 4.79 Å². The summed E-state index contributed by atoms with van der Waals surface area (Å²) in [4.78, 5) is 12.6. The number of hydrogen-bond donors (Lipinski definition) is 1. The van der Waals surface area contributed by atoms with Gasteiger partial charge in [0, 0.05) is 6.07 Å². The van der Waals surface area contributed by atoms with Crippen molar-refractivity contribution in [2.24, 2.45) is 5.10 Å². The van der Waals surface area contributed by atoms with Crippen LogP contribution in [0.2, 0.25) is 0 Å². The molecule has 0 aromatic heterocycles. The zero-order valence-electron chi connectivity index (χ0n) is 20.5. The number of carbonyl (C=O) groups excluding carboxylic acids is 1. The molecule has 0 spiro atoms. The maximum absolute atomic E-state index is 12.6. The highest BCUT2D eigenvalue weighted by molar-refractivity contribution is 5.97. The van der Waals surface area contributed by atoms with Crippen molar-refractivity contribution in [1.82, 2.24) is 5.43 Å². The predicted molar refractivity (Wildman–Crippen MR) is 140 cm³/mol. The van der Waals surface area contributed by atoms with Crippen molar-refractivity contribution in [3.05, 3.63) is 95.6 Å². The van der Waals surface area contributed by atoms with Crippen molar-refractivity contribution in [1.29, 1.82) is 0 Å². The quantitative estimate of drug-likeness (QED) is 0.234. The zero-order valence-corrected chi connectivity index (χ0v) is 20.5. The number of benzene rings is 4. The van der Waals surface area contributed by atoms with Crippen LogP contribution in [0.3, 0.4) is 0 Å². The van der Waals surface area contributed by atoms with Gasteiger partial charge in [0.05, 0.1) is 32.6 Å². The Morgan fingerprint density at radius 1 is 0.861 bits per heavy atom.